The van der Waals surface area contributed by atoms with E-state index in [9.17, 15) is 9.59 Å². The lowest BCUT2D eigenvalue weighted by Crippen LogP contribution is -2.43. The van der Waals surface area contributed by atoms with Gasteiger partial charge >= 0.3 is 0 Å². The third-order valence-electron chi connectivity index (χ3n) is 3.21. The molecule has 0 saturated carbocycles. The summed E-state index contributed by atoms with van der Waals surface area (Å²) in [4.78, 5) is 24.0. The van der Waals surface area contributed by atoms with Crippen molar-refractivity contribution in [3.05, 3.63) is 54.1 Å². The van der Waals surface area contributed by atoms with Crippen LogP contribution in [0, 0.1) is 0 Å². The van der Waals surface area contributed by atoms with E-state index in [4.69, 9.17) is 14.2 Å². The number of hydrogen-bond donors (Lipinski definition) is 2. The first kappa shape index (κ1) is 19.1. The van der Waals surface area contributed by atoms with Crippen LogP contribution >= 0.6 is 0 Å². The highest BCUT2D eigenvalue weighted by Gasteiger charge is 2.10. The zero-order chi connectivity index (χ0) is 18.9. The number of carbonyl (C=O) groups is 2. The van der Waals surface area contributed by atoms with Gasteiger partial charge in [-0.05, 0) is 44.2 Å². The van der Waals surface area contributed by atoms with Crippen molar-refractivity contribution in [2.24, 2.45) is 0 Å². The Morgan fingerprint density at radius 1 is 1.00 bits per heavy atom. The first-order valence-electron chi connectivity index (χ1n) is 8.11. The quantitative estimate of drug-likeness (QED) is 0.742. The molecule has 2 rings (SSSR count). The number of benzene rings is 2. The fourth-order valence-electron chi connectivity index (χ4n) is 2.10. The van der Waals surface area contributed by atoms with E-state index in [1.54, 1.807) is 48.5 Å². The molecule has 7 nitrogen and oxygen atoms in total. The Labute approximate surface area is 152 Å². The maximum absolute atomic E-state index is 12.1. The monoisotopic (exact) mass is 358 g/mol. The third kappa shape index (κ3) is 5.70. The molecule has 0 aliphatic rings. The SMILES string of the molecule is COc1ccccc1OCC(=O)NNC(=O)c1cccc(OC(C)C)c1. The first-order valence-corrected chi connectivity index (χ1v) is 8.11. The largest absolute Gasteiger partial charge is 0.493 e. The summed E-state index contributed by atoms with van der Waals surface area (Å²) in [7, 11) is 1.51. The molecule has 0 saturated heterocycles. The molecule has 0 radical (unpaired) electrons. The summed E-state index contributed by atoms with van der Waals surface area (Å²) in [6.07, 6.45) is 0.000130. The molecule has 2 amide bonds. The molecule has 0 aliphatic carbocycles. The average molecular weight is 358 g/mol. The van der Waals surface area contributed by atoms with Gasteiger partial charge in [-0.1, -0.05) is 18.2 Å². The number of nitrogens with one attached hydrogen (secondary N) is 2. The van der Waals surface area contributed by atoms with E-state index < -0.39 is 11.8 Å². The number of carbonyl (C=O) groups excluding carboxylic acids is 2. The normalized spacial score (nSPS) is 10.2. The van der Waals surface area contributed by atoms with Gasteiger partial charge < -0.3 is 14.2 Å². The Balaban J connectivity index is 1.84. The maximum atomic E-state index is 12.1. The number of rotatable bonds is 7. The first-order chi connectivity index (χ1) is 12.5. The zero-order valence-electron chi connectivity index (χ0n) is 14.9. The number of para-hydroxylation sites is 2. The van der Waals surface area contributed by atoms with Crippen molar-refractivity contribution in [2.75, 3.05) is 13.7 Å². The van der Waals surface area contributed by atoms with Gasteiger partial charge in [0.25, 0.3) is 11.8 Å². The van der Waals surface area contributed by atoms with E-state index in [1.165, 1.54) is 7.11 Å². The van der Waals surface area contributed by atoms with Crippen LogP contribution in [-0.4, -0.2) is 31.6 Å². The fourth-order valence-corrected chi connectivity index (χ4v) is 2.10. The number of hydrogen-bond acceptors (Lipinski definition) is 5. The Bertz CT molecular complexity index is 761. The van der Waals surface area contributed by atoms with Gasteiger partial charge in [-0.2, -0.15) is 0 Å². The van der Waals surface area contributed by atoms with Crippen LogP contribution in [0.25, 0.3) is 0 Å². The van der Waals surface area contributed by atoms with Crippen LogP contribution in [0.5, 0.6) is 17.2 Å². The van der Waals surface area contributed by atoms with E-state index in [-0.39, 0.29) is 12.7 Å². The van der Waals surface area contributed by atoms with E-state index in [0.29, 0.717) is 22.8 Å². The molecule has 0 atom stereocenters. The molecule has 0 spiro atoms. The van der Waals surface area contributed by atoms with Gasteiger partial charge in [0, 0.05) is 5.56 Å². The third-order valence-corrected chi connectivity index (χ3v) is 3.21. The van der Waals surface area contributed by atoms with Crippen molar-refractivity contribution in [1.82, 2.24) is 10.9 Å². The van der Waals surface area contributed by atoms with Gasteiger partial charge in [-0.25, -0.2) is 0 Å². The summed E-state index contributed by atoms with van der Waals surface area (Å²) in [5.74, 6) is 0.587. The Morgan fingerprint density at radius 2 is 1.73 bits per heavy atom. The lowest BCUT2D eigenvalue weighted by Gasteiger charge is -2.12. The molecule has 0 fully saturated rings. The number of methoxy groups -OCH3 is 1. The van der Waals surface area contributed by atoms with Crippen LogP contribution in [0.15, 0.2) is 48.5 Å². The lowest BCUT2D eigenvalue weighted by atomic mass is 10.2. The summed E-state index contributed by atoms with van der Waals surface area (Å²) in [6, 6.07) is 13.7. The number of hydrazine groups is 1. The molecule has 2 aromatic carbocycles. The highest BCUT2D eigenvalue weighted by atomic mass is 16.5. The molecule has 26 heavy (non-hydrogen) atoms. The van der Waals surface area contributed by atoms with Crippen molar-refractivity contribution >= 4 is 11.8 Å². The lowest BCUT2D eigenvalue weighted by molar-refractivity contribution is -0.123. The molecule has 7 heteroatoms. The summed E-state index contributed by atoms with van der Waals surface area (Å²) < 4.78 is 16.1. The van der Waals surface area contributed by atoms with Crippen LogP contribution in [-0.2, 0) is 4.79 Å². The highest BCUT2D eigenvalue weighted by Crippen LogP contribution is 2.25. The van der Waals surface area contributed by atoms with Crippen LogP contribution in [0.2, 0.25) is 0 Å². The molecule has 0 aliphatic heterocycles. The van der Waals surface area contributed by atoms with Gasteiger partial charge in [-0.15, -0.1) is 0 Å². The number of amides is 2. The van der Waals surface area contributed by atoms with E-state index in [1.807, 2.05) is 13.8 Å². The molecule has 0 bridgehead atoms. The van der Waals surface area contributed by atoms with Crippen LogP contribution in [0.3, 0.4) is 0 Å². The summed E-state index contributed by atoms with van der Waals surface area (Å²) in [5.41, 5.74) is 5.01. The summed E-state index contributed by atoms with van der Waals surface area (Å²) >= 11 is 0. The number of ether oxygens (including phenoxy) is 3. The molecular formula is C19H22N2O5. The Morgan fingerprint density at radius 3 is 2.42 bits per heavy atom. The predicted octanol–water partition coefficient (Wildman–Crippen LogP) is 2.32. The molecule has 0 aromatic heterocycles. The van der Waals surface area contributed by atoms with Gasteiger partial charge in [0.2, 0.25) is 0 Å². The van der Waals surface area contributed by atoms with Gasteiger partial charge in [0.05, 0.1) is 13.2 Å². The molecular weight excluding hydrogens is 336 g/mol. The second-order valence-electron chi connectivity index (χ2n) is 5.64. The topological polar surface area (TPSA) is 85.9 Å². The Hall–Kier alpha value is -3.22. The molecule has 2 aromatic rings. The van der Waals surface area contributed by atoms with Crippen LogP contribution in [0.4, 0.5) is 0 Å². The van der Waals surface area contributed by atoms with E-state index in [2.05, 4.69) is 10.9 Å². The van der Waals surface area contributed by atoms with Crippen molar-refractivity contribution in [3.8, 4) is 17.2 Å². The zero-order valence-corrected chi connectivity index (χ0v) is 14.9. The second-order valence-corrected chi connectivity index (χ2v) is 5.64. The Kier molecular flexibility index (Phi) is 6.84. The molecule has 0 unspecified atom stereocenters. The van der Waals surface area contributed by atoms with E-state index in [0.717, 1.165) is 0 Å². The molecule has 138 valence electrons. The van der Waals surface area contributed by atoms with E-state index >= 15 is 0 Å². The predicted molar refractivity (Wildman–Crippen MR) is 96.3 cm³/mol. The van der Waals surface area contributed by atoms with Gasteiger partial charge in [0.1, 0.15) is 5.75 Å². The van der Waals surface area contributed by atoms with Crippen molar-refractivity contribution < 1.29 is 23.8 Å². The van der Waals surface area contributed by atoms with Gasteiger partial charge in [0.15, 0.2) is 18.1 Å². The minimum absolute atomic E-state index is 0.000130. The fraction of sp³-hybridized carbons (Fsp3) is 0.263. The minimum atomic E-state index is -0.501. The van der Waals surface area contributed by atoms with Crippen molar-refractivity contribution in [3.63, 3.8) is 0 Å². The second kappa shape index (κ2) is 9.31. The summed E-state index contributed by atoms with van der Waals surface area (Å²) in [6.45, 7) is 3.53. The van der Waals surface area contributed by atoms with Crippen LogP contribution in [0.1, 0.15) is 24.2 Å². The van der Waals surface area contributed by atoms with Crippen LogP contribution < -0.4 is 25.1 Å². The highest BCUT2D eigenvalue weighted by molar-refractivity contribution is 5.95. The smallest absolute Gasteiger partial charge is 0.276 e. The molecule has 2 N–H and O–H groups in total. The maximum Gasteiger partial charge on any atom is 0.276 e. The van der Waals surface area contributed by atoms with Crippen molar-refractivity contribution in [2.45, 2.75) is 20.0 Å². The molecule has 0 heterocycles. The van der Waals surface area contributed by atoms with Gasteiger partial charge in [-0.3, -0.25) is 20.4 Å². The minimum Gasteiger partial charge on any atom is -0.493 e. The summed E-state index contributed by atoms with van der Waals surface area (Å²) in [5, 5.41) is 0. The standard InChI is InChI=1S/C19H22N2O5/c1-13(2)26-15-8-6-7-14(11-15)19(23)21-20-18(22)12-25-17-10-5-4-9-16(17)24-3/h4-11,13H,12H2,1-3H3,(H,20,22)(H,21,23). The average Bonchev–Trinajstić information content (AvgIpc) is 2.64. The van der Waals surface area contributed by atoms with Crippen molar-refractivity contribution in [1.29, 1.82) is 0 Å².